The molecule has 0 saturated carbocycles. The van der Waals surface area contributed by atoms with Gasteiger partial charge < -0.3 is 9.47 Å². The minimum absolute atomic E-state index is 0.288. The van der Waals surface area contributed by atoms with Crippen LogP contribution >= 0.6 is 23.6 Å². The summed E-state index contributed by atoms with van der Waals surface area (Å²) in [6.45, 7) is 1.75. The standard InChI is InChI=1S/C18H15NO3S2/c1-3-16(20)22-11-8-9-13(15(10-11)21-2)17-19-14-7-5-4-6-12(14)18(23)24-17/h4-10H,3H2,1-2H3. The fraction of sp³-hybridized carbons (Fsp3) is 0.167. The highest BCUT2D eigenvalue weighted by molar-refractivity contribution is 7.74. The first kappa shape index (κ1) is 16.5. The Morgan fingerprint density at radius 2 is 2.04 bits per heavy atom. The van der Waals surface area contributed by atoms with Gasteiger partial charge in [0.05, 0.1) is 18.2 Å². The second-order valence-corrected chi connectivity index (χ2v) is 6.68. The number of aromatic nitrogens is 1. The van der Waals surface area contributed by atoms with Gasteiger partial charge in [0.1, 0.15) is 20.3 Å². The zero-order valence-electron chi connectivity index (χ0n) is 13.2. The Labute approximate surface area is 148 Å². The maximum absolute atomic E-state index is 11.4. The lowest BCUT2D eigenvalue weighted by atomic mass is 10.2. The molecule has 0 aliphatic rings. The van der Waals surface area contributed by atoms with Crippen LogP contribution in [0.15, 0.2) is 42.5 Å². The molecule has 0 radical (unpaired) electrons. The molecule has 0 bridgehead atoms. The largest absolute Gasteiger partial charge is 0.496 e. The summed E-state index contributed by atoms with van der Waals surface area (Å²) in [6, 6.07) is 13.0. The third kappa shape index (κ3) is 3.29. The van der Waals surface area contributed by atoms with Crippen LogP contribution in [0.3, 0.4) is 0 Å². The highest BCUT2D eigenvalue weighted by Crippen LogP contribution is 2.36. The molecule has 3 rings (SSSR count). The van der Waals surface area contributed by atoms with Crippen molar-refractivity contribution in [3.05, 3.63) is 46.3 Å². The first-order valence-corrected chi connectivity index (χ1v) is 8.64. The van der Waals surface area contributed by atoms with E-state index < -0.39 is 0 Å². The number of carbonyl (C=O) groups is 1. The maximum Gasteiger partial charge on any atom is 0.310 e. The van der Waals surface area contributed by atoms with Gasteiger partial charge >= 0.3 is 5.97 Å². The second-order valence-electron chi connectivity index (χ2n) is 5.01. The molecule has 0 aliphatic carbocycles. The van der Waals surface area contributed by atoms with E-state index in [4.69, 9.17) is 21.7 Å². The van der Waals surface area contributed by atoms with E-state index in [0.717, 1.165) is 25.3 Å². The van der Waals surface area contributed by atoms with Gasteiger partial charge in [-0.1, -0.05) is 37.3 Å². The van der Waals surface area contributed by atoms with Crippen molar-refractivity contribution in [1.29, 1.82) is 0 Å². The van der Waals surface area contributed by atoms with Crippen molar-refractivity contribution < 1.29 is 14.3 Å². The Bertz CT molecular complexity index is 966. The molecule has 0 saturated heterocycles. The molecule has 0 amide bonds. The number of nitrogens with zero attached hydrogens (tertiary/aromatic N) is 1. The number of methoxy groups -OCH3 is 1. The predicted molar refractivity (Wildman–Crippen MR) is 98.4 cm³/mol. The minimum atomic E-state index is -0.288. The van der Waals surface area contributed by atoms with Crippen molar-refractivity contribution in [1.82, 2.24) is 4.98 Å². The van der Waals surface area contributed by atoms with Gasteiger partial charge in [-0.05, 0) is 18.2 Å². The zero-order valence-corrected chi connectivity index (χ0v) is 14.9. The van der Waals surface area contributed by atoms with E-state index in [1.54, 1.807) is 26.2 Å². The Hall–Kier alpha value is -2.31. The summed E-state index contributed by atoms with van der Waals surface area (Å²) in [5.74, 6) is 0.751. The molecule has 1 heterocycles. The molecule has 3 aromatic rings. The number of hydrogen-bond acceptors (Lipinski definition) is 6. The molecule has 0 atom stereocenters. The molecule has 24 heavy (non-hydrogen) atoms. The number of carbonyl (C=O) groups excluding carboxylic acids is 1. The van der Waals surface area contributed by atoms with Gasteiger partial charge in [-0.3, -0.25) is 4.79 Å². The number of esters is 1. The van der Waals surface area contributed by atoms with E-state index in [1.807, 2.05) is 30.3 Å². The molecule has 0 unspecified atom stereocenters. The van der Waals surface area contributed by atoms with Crippen LogP contribution in [0.1, 0.15) is 13.3 Å². The number of para-hydroxylation sites is 1. The summed E-state index contributed by atoms with van der Waals surface area (Å²) < 4.78 is 11.5. The van der Waals surface area contributed by atoms with E-state index >= 15 is 0 Å². The fourth-order valence-electron chi connectivity index (χ4n) is 2.25. The molecule has 6 heteroatoms. The summed E-state index contributed by atoms with van der Waals surface area (Å²) in [5, 5.41) is 1.73. The van der Waals surface area contributed by atoms with Gasteiger partial charge in [0.15, 0.2) is 0 Å². The lowest BCUT2D eigenvalue weighted by Gasteiger charge is -2.10. The molecule has 0 spiro atoms. The highest BCUT2D eigenvalue weighted by atomic mass is 32.1. The van der Waals surface area contributed by atoms with Crippen molar-refractivity contribution in [2.45, 2.75) is 13.3 Å². The number of rotatable bonds is 4. The topological polar surface area (TPSA) is 48.4 Å². The van der Waals surface area contributed by atoms with Gasteiger partial charge in [0.2, 0.25) is 0 Å². The van der Waals surface area contributed by atoms with E-state index in [0.29, 0.717) is 17.9 Å². The van der Waals surface area contributed by atoms with Crippen molar-refractivity contribution in [3.63, 3.8) is 0 Å². The lowest BCUT2D eigenvalue weighted by Crippen LogP contribution is -2.05. The van der Waals surface area contributed by atoms with Crippen molar-refractivity contribution >= 4 is 40.4 Å². The predicted octanol–water partition coefficient (Wildman–Crippen LogP) is 5.02. The molecular weight excluding hydrogens is 342 g/mol. The quantitative estimate of drug-likeness (QED) is 0.373. The van der Waals surface area contributed by atoms with E-state index in [1.165, 1.54) is 11.3 Å². The monoisotopic (exact) mass is 357 g/mol. The maximum atomic E-state index is 11.4. The second kappa shape index (κ2) is 7.07. The smallest absolute Gasteiger partial charge is 0.310 e. The van der Waals surface area contributed by atoms with Crippen LogP contribution in [0.4, 0.5) is 0 Å². The van der Waals surface area contributed by atoms with Crippen LogP contribution in [-0.4, -0.2) is 18.1 Å². The van der Waals surface area contributed by atoms with Crippen molar-refractivity contribution in [2.24, 2.45) is 0 Å². The van der Waals surface area contributed by atoms with Crippen LogP contribution in [0.25, 0.3) is 21.5 Å². The van der Waals surface area contributed by atoms with Crippen LogP contribution in [0, 0.1) is 3.82 Å². The van der Waals surface area contributed by atoms with Gasteiger partial charge in [-0.2, -0.15) is 0 Å². The Morgan fingerprint density at radius 1 is 1.25 bits per heavy atom. The van der Waals surface area contributed by atoms with Crippen LogP contribution < -0.4 is 9.47 Å². The first-order chi connectivity index (χ1) is 11.6. The first-order valence-electron chi connectivity index (χ1n) is 7.41. The van der Waals surface area contributed by atoms with Gasteiger partial charge in [0, 0.05) is 17.9 Å². The summed E-state index contributed by atoms with van der Waals surface area (Å²) >= 11 is 6.92. The normalized spacial score (nSPS) is 10.6. The Morgan fingerprint density at radius 3 is 2.79 bits per heavy atom. The SMILES string of the molecule is CCC(=O)Oc1ccc(-c2nc3ccccc3c(=S)s2)c(OC)c1. The number of fused-ring (bicyclic) bond motifs is 1. The summed E-state index contributed by atoms with van der Waals surface area (Å²) in [6.07, 6.45) is 0.317. The average molecular weight is 357 g/mol. The van der Waals surface area contributed by atoms with Gasteiger partial charge in [0.25, 0.3) is 0 Å². The number of benzene rings is 2. The number of ether oxygens (including phenoxy) is 2. The van der Waals surface area contributed by atoms with Gasteiger partial charge in [-0.25, -0.2) is 4.98 Å². The third-order valence-corrected chi connectivity index (χ3v) is 4.84. The molecule has 122 valence electrons. The summed E-state index contributed by atoms with van der Waals surface area (Å²) in [7, 11) is 1.57. The van der Waals surface area contributed by atoms with E-state index in [-0.39, 0.29) is 5.97 Å². The minimum Gasteiger partial charge on any atom is -0.496 e. The Kier molecular flexibility index (Phi) is 4.87. The zero-order chi connectivity index (χ0) is 17.1. The van der Waals surface area contributed by atoms with Crippen LogP contribution in [-0.2, 0) is 4.79 Å². The van der Waals surface area contributed by atoms with E-state index in [2.05, 4.69) is 4.98 Å². The van der Waals surface area contributed by atoms with Crippen molar-refractivity contribution in [2.75, 3.05) is 7.11 Å². The van der Waals surface area contributed by atoms with Crippen molar-refractivity contribution in [3.8, 4) is 22.1 Å². The average Bonchev–Trinajstić information content (AvgIpc) is 2.61. The fourth-order valence-corrected chi connectivity index (χ4v) is 3.54. The Balaban J connectivity index is 2.09. The molecule has 4 nitrogen and oxygen atoms in total. The highest BCUT2D eigenvalue weighted by Gasteiger charge is 2.12. The van der Waals surface area contributed by atoms with E-state index in [9.17, 15) is 4.79 Å². The summed E-state index contributed by atoms with van der Waals surface area (Å²) in [4.78, 5) is 16.1. The molecular formula is C18H15NO3S2. The molecule has 0 aliphatic heterocycles. The molecule has 2 aromatic carbocycles. The van der Waals surface area contributed by atoms with Crippen LogP contribution in [0.5, 0.6) is 11.5 Å². The lowest BCUT2D eigenvalue weighted by molar-refractivity contribution is -0.134. The number of hydrogen-bond donors (Lipinski definition) is 0. The summed E-state index contributed by atoms with van der Waals surface area (Å²) in [5.41, 5.74) is 1.66. The molecule has 0 N–H and O–H groups in total. The molecule has 0 fully saturated rings. The third-order valence-electron chi connectivity index (χ3n) is 3.46. The van der Waals surface area contributed by atoms with Crippen LogP contribution in [0.2, 0.25) is 0 Å². The molecule has 1 aromatic heterocycles. The van der Waals surface area contributed by atoms with Gasteiger partial charge in [-0.15, -0.1) is 11.3 Å².